The van der Waals surface area contributed by atoms with Gasteiger partial charge in [-0.15, -0.1) is 0 Å². The number of hydrogen-bond acceptors (Lipinski definition) is 3. The third-order valence-corrected chi connectivity index (χ3v) is 3.92. The maximum Gasteiger partial charge on any atom is 0.235 e. The molecule has 0 aliphatic carbocycles. The van der Waals surface area contributed by atoms with Crippen LogP contribution in [0.4, 0.5) is 0 Å². The van der Waals surface area contributed by atoms with Gasteiger partial charge in [-0.3, -0.25) is 0 Å². The summed E-state index contributed by atoms with van der Waals surface area (Å²) < 4.78 is 5.73. The van der Waals surface area contributed by atoms with Gasteiger partial charge in [-0.2, -0.15) is 0 Å². The van der Waals surface area contributed by atoms with E-state index in [1.807, 2.05) is 19.9 Å². The predicted octanol–water partition coefficient (Wildman–Crippen LogP) is 5.64. The molecule has 0 saturated carbocycles. The van der Waals surface area contributed by atoms with Crippen molar-refractivity contribution in [3.05, 3.63) is 39.6 Å². The molecule has 2 rings (SSSR count). The van der Waals surface area contributed by atoms with Crippen molar-refractivity contribution in [2.75, 3.05) is 6.61 Å². The molecule has 1 aromatic heterocycles. The number of halogens is 2. The lowest BCUT2D eigenvalue weighted by atomic mass is 10.1. The summed E-state index contributed by atoms with van der Waals surface area (Å²) in [6, 6.07) is 5.38. The summed E-state index contributed by atoms with van der Waals surface area (Å²) in [5.74, 6) is 0.599. The highest BCUT2D eigenvalue weighted by molar-refractivity contribution is 6.36. The molecule has 0 aliphatic heterocycles. The average Bonchev–Trinajstić information content (AvgIpc) is 2.47. The Hall–Kier alpha value is -1.32. The number of unbranched alkanes of at least 4 members (excludes halogenated alkanes) is 2. The molecule has 1 aromatic carbocycles. The second-order valence-corrected chi connectivity index (χ2v) is 6.07. The Bertz CT molecular complexity index is 659. The quantitative estimate of drug-likeness (QED) is 0.639. The molecule has 0 unspecified atom stereocenters. The standard InChI is InChI=1S/C17H20Cl2N2O/c1-4-5-6-9-22-17-12(3)20-16(11(2)21-17)14-8-7-13(18)10-15(14)19/h7-8,10H,4-6,9H2,1-3H3. The van der Waals surface area contributed by atoms with Crippen molar-refractivity contribution >= 4 is 23.2 Å². The van der Waals surface area contributed by atoms with Gasteiger partial charge in [-0.05, 0) is 38.5 Å². The summed E-state index contributed by atoms with van der Waals surface area (Å²) in [6.45, 7) is 6.64. The van der Waals surface area contributed by atoms with Crippen molar-refractivity contribution < 1.29 is 4.74 Å². The first kappa shape index (κ1) is 17.0. The second kappa shape index (κ2) is 7.80. The minimum Gasteiger partial charge on any atom is -0.476 e. The zero-order chi connectivity index (χ0) is 16.1. The van der Waals surface area contributed by atoms with E-state index < -0.39 is 0 Å². The Labute approximate surface area is 141 Å². The molecule has 2 aromatic rings. The molecule has 0 aliphatic rings. The first-order valence-corrected chi connectivity index (χ1v) is 8.22. The van der Waals surface area contributed by atoms with Gasteiger partial charge in [0.2, 0.25) is 5.88 Å². The van der Waals surface area contributed by atoms with Crippen molar-refractivity contribution in [1.29, 1.82) is 0 Å². The zero-order valence-electron chi connectivity index (χ0n) is 13.1. The van der Waals surface area contributed by atoms with Gasteiger partial charge in [-0.1, -0.05) is 43.0 Å². The van der Waals surface area contributed by atoms with Crippen LogP contribution in [0.25, 0.3) is 11.3 Å². The Morgan fingerprint density at radius 3 is 2.50 bits per heavy atom. The maximum absolute atomic E-state index is 6.26. The van der Waals surface area contributed by atoms with Gasteiger partial charge in [0.15, 0.2) is 0 Å². The van der Waals surface area contributed by atoms with Crippen LogP contribution >= 0.6 is 23.2 Å². The first-order valence-electron chi connectivity index (χ1n) is 7.46. The average molecular weight is 339 g/mol. The van der Waals surface area contributed by atoms with E-state index in [0.717, 1.165) is 35.5 Å². The highest BCUT2D eigenvalue weighted by Gasteiger charge is 2.13. The van der Waals surface area contributed by atoms with Crippen molar-refractivity contribution in [2.45, 2.75) is 40.0 Å². The largest absolute Gasteiger partial charge is 0.476 e. The fourth-order valence-corrected chi connectivity index (χ4v) is 2.67. The third-order valence-electron chi connectivity index (χ3n) is 3.37. The van der Waals surface area contributed by atoms with Gasteiger partial charge >= 0.3 is 0 Å². The molecule has 1 heterocycles. The number of rotatable bonds is 6. The molecule has 0 saturated heterocycles. The Morgan fingerprint density at radius 1 is 1.05 bits per heavy atom. The van der Waals surface area contributed by atoms with Gasteiger partial charge < -0.3 is 4.74 Å². The van der Waals surface area contributed by atoms with Crippen LogP contribution in [-0.4, -0.2) is 16.6 Å². The van der Waals surface area contributed by atoms with Gasteiger partial charge in [0.1, 0.15) is 5.69 Å². The summed E-state index contributed by atoms with van der Waals surface area (Å²) in [7, 11) is 0. The maximum atomic E-state index is 6.26. The molecule has 0 atom stereocenters. The fraction of sp³-hybridized carbons (Fsp3) is 0.412. The SMILES string of the molecule is CCCCCOc1nc(C)c(-c2ccc(Cl)cc2Cl)nc1C. The smallest absolute Gasteiger partial charge is 0.235 e. The van der Waals surface area contributed by atoms with Crippen molar-refractivity contribution in [2.24, 2.45) is 0 Å². The molecule has 0 amide bonds. The Kier molecular flexibility index (Phi) is 6.04. The summed E-state index contributed by atoms with van der Waals surface area (Å²) >= 11 is 12.2. The third kappa shape index (κ3) is 4.11. The van der Waals surface area contributed by atoms with Gasteiger partial charge in [0, 0.05) is 10.6 Å². The van der Waals surface area contributed by atoms with Crippen LogP contribution in [-0.2, 0) is 0 Å². The monoisotopic (exact) mass is 338 g/mol. The molecular formula is C17H20Cl2N2O. The molecule has 3 nitrogen and oxygen atoms in total. The fourth-order valence-electron chi connectivity index (χ4n) is 2.18. The summed E-state index contributed by atoms with van der Waals surface area (Å²) in [5.41, 5.74) is 3.15. The van der Waals surface area contributed by atoms with Gasteiger partial charge in [-0.25, -0.2) is 9.97 Å². The van der Waals surface area contributed by atoms with Crippen LogP contribution in [0.15, 0.2) is 18.2 Å². The van der Waals surface area contributed by atoms with Crippen LogP contribution < -0.4 is 4.74 Å². The van der Waals surface area contributed by atoms with E-state index in [0.29, 0.717) is 22.5 Å². The Balaban J connectivity index is 2.26. The molecule has 0 fully saturated rings. The van der Waals surface area contributed by atoms with Crippen LogP contribution in [0.3, 0.4) is 0 Å². The van der Waals surface area contributed by atoms with Crippen molar-refractivity contribution in [3.63, 3.8) is 0 Å². The van der Waals surface area contributed by atoms with E-state index in [1.165, 1.54) is 6.42 Å². The minimum absolute atomic E-state index is 0.570. The van der Waals surface area contributed by atoms with Gasteiger partial charge in [0.25, 0.3) is 0 Å². The molecule has 0 bridgehead atoms. The topological polar surface area (TPSA) is 35.0 Å². The summed E-state index contributed by atoms with van der Waals surface area (Å²) in [5, 5.41) is 1.17. The normalized spacial score (nSPS) is 10.8. The van der Waals surface area contributed by atoms with Crippen LogP contribution in [0.2, 0.25) is 10.0 Å². The van der Waals surface area contributed by atoms with E-state index >= 15 is 0 Å². The van der Waals surface area contributed by atoms with Gasteiger partial charge in [0.05, 0.1) is 23.0 Å². The lowest BCUT2D eigenvalue weighted by Crippen LogP contribution is -2.05. The lowest BCUT2D eigenvalue weighted by Gasteiger charge is -2.12. The van der Waals surface area contributed by atoms with E-state index in [9.17, 15) is 0 Å². The van der Waals surface area contributed by atoms with E-state index in [1.54, 1.807) is 12.1 Å². The highest BCUT2D eigenvalue weighted by atomic mass is 35.5. The van der Waals surface area contributed by atoms with Crippen molar-refractivity contribution in [1.82, 2.24) is 9.97 Å². The number of benzene rings is 1. The van der Waals surface area contributed by atoms with Crippen LogP contribution in [0.1, 0.15) is 37.6 Å². The zero-order valence-corrected chi connectivity index (χ0v) is 14.6. The number of aryl methyl sites for hydroxylation is 2. The molecule has 0 spiro atoms. The molecule has 118 valence electrons. The predicted molar refractivity (Wildman–Crippen MR) is 92.0 cm³/mol. The molecule has 22 heavy (non-hydrogen) atoms. The number of aromatic nitrogens is 2. The number of nitrogens with zero attached hydrogens (tertiary/aromatic N) is 2. The lowest BCUT2D eigenvalue weighted by molar-refractivity contribution is 0.290. The first-order chi connectivity index (χ1) is 10.5. The van der Waals surface area contributed by atoms with E-state index in [4.69, 9.17) is 27.9 Å². The summed E-state index contributed by atoms with van der Waals surface area (Å²) in [6.07, 6.45) is 3.35. The van der Waals surface area contributed by atoms with E-state index in [2.05, 4.69) is 16.9 Å². The molecular weight excluding hydrogens is 319 g/mol. The second-order valence-electron chi connectivity index (χ2n) is 5.23. The number of ether oxygens (including phenoxy) is 1. The Morgan fingerprint density at radius 2 is 1.82 bits per heavy atom. The summed E-state index contributed by atoms with van der Waals surface area (Å²) in [4.78, 5) is 9.15. The number of hydrogen-bond donors (Lipinski definition) is 0. The molecule has 5 heteroatoms. The minimum atomic E-state index is 0.570. The van der Waals surface area contributed by atoms with Crippen molar-refractivity contribution in [3.8, 4) is 17.1 Å². The highest BCUT2D eigenvalue weighted by Crippen LogP contribution is 2.32. The molecule has 0 radical (unpaired) electrons. The van der Waals surface area contributed by atoms with Crippen LogP contribution in [0, 0.1) is 13.8 Å². The van der Waals surface area contributed by atoms with E-state index in [-0.39, 0.29) is 0 Å². The molecule has 0 N–H and O–H groups in total. The van der Waals surface area contributed by atoms with Crippen LogP contribution in [0.5, 0.6) is 5.88 Å².